The molecule has 4 nitrogen and oxygen atoms in total. The second-order valence-corrected chi connectivity index (χ2v) is 4.11. The number of methoxy groups -OCH3 is 1. The highest BCUT2D eigenvalue weighted by Gasteiger charge is 2.09. The van der Waals surface area contributed by atoms with E-state index in [0.717, 1.165) is 0 Å². The summed E-state index contributed by atoms with van der Waals surface area (Å²) in [5, 5.41) is 10.8. The summed E-state index contributed by atoms with van der Waals surface area (Å²) in [7, 11) is 1.51. The van der Waals surface area contributed by atoms with Gasteiger partial charge in [0, 0.05) is 18.1 Å². The van der Waals surface area contributed by atoms with Crippen molar-refractivity contribution in [2.24, 2.45) is 0 Å². The molecule has 1 heterocycles. The Kier molecular flexibility index (Phi) is 3.97. The van der Waals surface area contributed by atoms with Crippen LogP contribution in [0.1, 0.15) is 5.56 Å². The molecule has 2 N–H and O–H groups in total. The Morgan fingerprint density at radius 3 is 2.89 bits per heavy atom. The summed E-state index contributed by atoms with van der Waals surface area (Å²) < 4.78 is 18.4. The molecule has 98 valence electrons. The molecule has 0 aliphatic heterocycles. The summed E-state index contributed by atoms with van der Waals surface area (Å²) >= 11 is 5.60. The molecule has 2 aromatic rings. The lowest BCUT2D eigenvalue weighted by Gasteiger charge is -2.11. The van der Waals surface area contributed by atoms with Gasteiger partial charge in [-0.2, -0.15) is 0 Å². The molecular weight excluding hydrogens is 269 g/mol. The number of pyridine rings is 1. The van der Waals surface area contributed by atoms with Crippen LogP contribution >= 0.6 is 11.6 Å². The van der Waals surface area contributed by atoms with Gasteiger partial charge in [-0.1, -0.05) is 11.6 Å². The average molecular weight is 280 g/mol. The molecule has 0 bridgehead atoms. The first-order chi connectivity index (χ1) is 9.11. The molecule has 0 saturated heterocycles. The first-order valence-corrected chi connectivity index (χ1v) is 5.78. The Hall–Kier alpha value is -2.14. The molecule has 0 radical (unpaired) electrons. The predicted octanol–water partition coefficient (Wildman–Crippen LogP) is 3.32. The zero-order valence-electron chi connectivity index (χ0n) is 10.1. The number of anilines is 1. The van der Waals surface area contributed by atoms with Crippen LogP contribution in [0.25, 0.3) is 0 Å². The standard InChI is InChI=1S/C13H11ClFN3O/c1-19-12-4-5-17-7-9(12)13(16)18-8-2-3-10(14)11(15)6-8/h2-7H,1H3,(H2,16,18). The molecule has 2 rings (SSSR count). The minimum atomic E-state index is -0.544. The Labute approximate surface area is 114 Å². The van der Waals surface area contributed by atoms with E-state index in [1.54, 1.807) is 18.3 Å². The highest BCUT2D eigenvalue weighted by atomic mass is 35.5. The van der Waals surface area contributed by atoms with Gasteiger partial charge in [-0.05, 0) is 24.3 Å². The maximum absolute atomic E-state index is 13.3. The highest BCUT2D eigenvalue weighted by Crippen LogP contribution is 2.21. The molecule has 0 atom stereocenters. The minimum Gasteiger partial charge on any atom is -0.496 e. The molecule has 1 aromatic carbocycles. The van der Waals surface area contributed by atoms with E-state index < -0.39 is 5.82 Å². The normalized spacial score (nSPS) is 10.1. The molecule has 0 aliphatic rings. The second kappa shape index (κ2) is 5.67. The first kappa shape index (κ1) is 13.3. The van der Waals surface area contributed by atoms with E-state index in [4.69, 9.17) is 21.7 Å². The van der Waals surface area contributed by atoms with Crippen LogP contribution in [-0.4, -0.2) is 17.9 Å². The van der Waals surface area contributed by atoms with Crippen molar-refractivity contribution in [1.29, 1.82) is 5.41 Å². The summed E-state index contributed by atoms with van der Waals surface area (Å²) in [5.74, 6) is 0.0335. The SMILES string of the molecule is COc1ccncc1C(=N)Nc1ccc(Cl)c(F)c1. The number of nitrogens with one attached hydrogen (secondary N) is 2. The second-order valence-electron chi connectivity index (χ2n) is 3.70. The summed E-state index contributed by atoms with van der Waals surface area (Å²) in [5.41, 5.74) is 0.915. The van der Waals surface area contributed by atoms with E-state index in [2.05, 4.69) is 10.3 Å². The fourth-order valence-corrected chi connectivity index (χ4v) is 1.65. The third kappa shape index (κ3) is 3.00. The molecule has 0 saturated carbocycles. The van der Waals surface area contributed by atoms with E-state index in [-0.39, 0.29) is 10.9 Å². The van der Waals surface area contributed by atoms with E-state index in [0.29, 0.717) is 17.0 Å². The van der Waals surface area contributed by atoms with Crippen molar-refractivity contribution in [1.82, 2.24) is 4.98 Å². The van der Waals surface area contributed by atoms with Gasteiger partial charge in [0.25, 0.3) is 0 Å². The lowest BCUT2D eigenvalue weighted by Crippen LogP contribution is -2.13. The van der Waals surface area contributed by atoms with Gasteiger partial charge in [0.1, 0.15) is 17.4 Å². The van der Waals surface area contributed by atoms with E-state index in [1.165, 1.54) is 25.4 Å². The maximum Gasteiger partial charge on any atom is 0.143 e. The third-order valence-electron chi connectivity index (χ3n) is 2.46. The fourth-order valence-electron chi connectivity index (χ4n) is 1.53. The molecule has 0 amide bonds. The van der Waals surface area contributed by atoms with Gasteiger partial charge >= 0.3 is 0 Å². The van der Waals surface area contributed by atoms with Crippen LogP contribution in [0.15, 0.2) is 36.7 Å². The van der Waals surface area contributed by atoms with Crippen LogP contribution in [0.3, 0.4) is 0 Å². The average Bonchev–Trinajstić information content (AvgIpc) is 2.43. The van der Waals surface area contributed by atoms with Crippen molar-refractivity contribution < 1.29 is 9.13 Å². The van der Waals surface area contributed by atoms with Gasteiger partial charge in [0.15, 0.2) is 0 Å². The van der Waals surface area contributed by atoms with E-state index in [9.17, 15) is 4.39 Å². The number of hydrogen-bond acceptors (Lipinski definition) is 3. The Bertz CT molecular complexity index is 619. The number of rotatable bonds is 3. The van der Waals surface area contributed by atoms with Crippen molar-refractivity contribution in [3.63, 3.8) is 0 Å². The summed E-state index contributed by atoms with van der Waals surface area (Å²) in [6.45, 7) is 0. The van der Waals surface area contributed by atoms with E-state index >= 15 is 0 Å². The fraction of sp³-hybridized carbons (Fsp3) is 0.0769. The Balaban J connectivity index is 2.23. The molecule has 0 spiro atoms. The van der Waals surface area contributed by atoms with Crippen LogP contribution < -0.4 is 10.1 Å². The number of amidine groups is 1. The largest absolute Gasteiger partial charge is 0.496 e. The predicted molar refractivity (Wildman–Crippen MR) is 72.7 cm³/mol. The number of ether oxygens (including phenoxy) is 1. The lowest BCUT2D eigenvalue weighted by atomic mass is 10.2. The number of hydrogen-bond donors (Lipinski definition) is 2. The molecule has 1 aromatic heterocycles. The van der Waals surface area contributed by atoms with Crippen molar-refractivity contribution in [3.05, 3.63) is 53.1 Å². The van der Waals surface area contributed by atoms with E-state index in [1.807, 2.05) is 0 Å². The summed E-state index contributed by atoms with van der Waals surface area (Å²) in [4.78, 5) is 3.93. The molecule has 0 aliphatic carbocycles. The van der Waals surface area contributed by atoms with Gasteiger partial charge < -0.3 is 10.1 Å². The summed E-state index contributed by atoms with van der Waals surface area (Å²) in [6.07, 6.45) is 3.07. The number of aromatic nitrogens is 1. The Morgan fingerprint density at radius 2 is 2.21 bits per heavy atom. The monoisotopic (exact) mass is 279 g/mol. The minimum absolute atomic E-state index is 0.0380. The van der Waals surface area contributed by atoms with Crippen molar-refractivity contribution >= 4 is 23.1 Å². The number of halogens is 2. The number of benzene rings is 1. The topological polar surface area (TPSA) is 58.0 Å². The van der Waals surface area contributed by atoms with Crippen molar-refractivity contribution in [3.8, 4) is 5.75 Å². The first-order valence-electron chi connectivity index (χ1n) is 5.41. The molecular formula is C13H11ClFN3O. The Morgan fingerprint density at radius 1 is 1.42 bits per heavy atom. The van der Waals surface area contributed by atoms with Crippen LogP contribution in [0.4, 0.5) is 10.1 Å². The van der Waals surface area contributed by atoms with Crippen LogP contribution in [0.5, 0.6) is 5.75 Å². The van der Waals surface area contributed by atoms with Crippen LogP contribution in [-0.2, 0) is 0 Å². The third-order valence-corrected chi connectivity index (χ3v) is 2.77. The van der Waals surface area contributed by atoms with Crippen LogP contribution in [0.2, 0.25) is 5.02 Å². The van der Waals surface area contributed by atoms with Gasteiger partial charge in [-0.25, -0.2) is 4.39 Å². The highest BCUT2D eigenvalue weighted by molar-refractivity contribution is 6.30. The zero-order chi connectivity index (χ0) is 13.8. The zero-order valence-corrected chi connectivity index (χ0v) is 10.8. The van der Waals surface area contributed by atoms with Crippen molar-refractivity contribution in [2.75, 3.05) is 12.4 Å². The molecule has 19 heavy (non-hydrogen) atoms. The van der Waals surface area contributed by atoms with Gasteiger partial charge in [-0.3, -0.25) is 10.4 Å². The van der Waals surface area contributed by atoms with Crippen LogP contribution in [0, 0.1) is 11.2 Å². The smallest absolute Gasteiger partial charge is 0.143 e. The lowest BCUT2D eigenvalue weighted by molar-refractivity contribution is 0.413. The molecule has 6 heteroatoms. The quantitative estimate of drug-likeness (QED) is 0.669. The van der Waals surface area contributed by atoms with Crippen molar-refractivity contribution in [2.45, 2.75) is 0 Å². The number of nitrogens with zero attached hydrogens (tertiary/aromatic N) is 1. The molecule has 0 unspecified atom stereocenters. The van der Waals surface area contributed by atoms with Gasteiger partial charge in [0.05, 0.1) is 17.7 Å². The van der Waals surface area contributed by atoms with Gasteiger partial charge in [0.2, 0.25) is 0 Å². The molecule has 0 fully saturated rings. The van der Waals surface area contributed by atoms with Gasteiger partial charge in [-0.15, -0.1) is 0 Å². The maximum atomic E-state index is 13.3. The summed E-state index contributed by atoms with van der Waals surface area (Å²) in [6, 6.07) is 5.88.